The second-order valence-electron chi connectivity index (χ2n) is 5.65. The van der Waals surface area contributed by atoms with Crippen molar-refractivity contribution in [1.82, 2.24) is 10.2 Å². The van der Waals surface area contributed by atoms with Gasteiger partial charge in [-0.1, -0.05) is 11.8 Å². The van der Waals surface area contributed by atoms with Crippen LogP contribution in [0.3, 0.4) is 0 Å². The third-order valence-corrected chi connectivity index (χ3v) is 3.66. The lowest BCUT2D eigenvalue weighted by Crippen LogP contribution is -2.47. The summed E-state index contributed by atoms with van der Waals surface area (Å²) in [6.45, 7) is 3.71. The van der Waals surface area contributed by atoms with Crippen LogP contribution in [0.1, 0.15) is 30.9 Å². The molecule has 1 amide bonds. The molecule has 3 nitrogen and oxygen atoms in total. The molecule has 23 heavy (non-hydrogen) atoms. The van der Waals surface area contributed by atoms with Crippen LogP contribution in [0.4, 0.5) is 13.2 Å². The highest BCUT2D eigenvalue weighted by Crippen LogP contribution is 2.28. The molecule has 1 aliphatic rings. The van der Waals surface area contributed by atoms with Crippen LogP contribution >= 0.6 is 0 Å². The maximum Gasteiger partial charge on any atom is 0.416 e. The fourth-order valence-electron chi connectivity index (χ4n) is 2.60. The largest absolute Gasteiger partial charge is 0.416 e. The molecule has 1 atom stereocenters. The number of piperidine rings is 1. The number of carbonyl (C=O) groups is 1. The minimum absolute atomic E-state index is 0.0345. The highest BCUT2D eigenvalue weighted by atomic mass is 19.4. The van der Waals surface area contributed by atoms with Gasteiger partial charge < -0.3 is 5.32 Å². The van der Waals surface area contributed by atoms with Crippen molar-refractivity contribution in [3.05, 3.63) is 35.4 Å². The van der Waals surface area contributed by atoms with Crippen molar-refractivity contribution < 1.29 is 18.0 Å². The summed E-state index contributed by atoms with van der Waals surface area (Å²) in [7, 11) is 0. The summed E-state index contributed by atoms with van der Waals surface area (Å²) in [4.78, 5) is 13.2. The normalized spacial score (nSPS) is 18.9. The summed E-state index contributed by atoms with van der Waals surface area (Å²) >= 11 is 0. The van der Waals surface area contributed by atoms with E-state index in [9.17, 15) is 18.0 Å². The number of alkyl halides is 3. The Labute approximate surface area is 133 Å². The molecule has 0 aliphatic carbocycles. The van der Waals surface area contributed by atoms with Crippen LogP contribution in [0.25, 0.3) is 0 Å². The molecule has 2 rings (SSSR count). The maximum absolute atomic E-state index is 12.5. The average Bonchev–Trinajstić information content (AvgIpc) is 2.46. The number of nitrogens with one attached hydrogen (secondary N) is 1. The standard InChI is InChI=1S/C17H19F3N2O/c1-13(23)21-16-5-3-11-22(12-16)10-2-4-14-6-8-15(9-7-14)17(18,19)20/h6-9,16H,3,5,10-12H2,1H3,(H,21,23)/t16-/m1/s1. The number of hydrogen-bond donors (Lipinski definition) is 1. The van der Waals surface area contributed by atoms with Crippen molar-refractivity contribution in [3.8, 4) is 11.8 Å². The van der Waals surface area contributed by atoms with Gasteiger partial charge in [-0.25, -0.2) is 0 Å². The van der Waals surface area contributed by atoms with Gasteiger partial charge in [-0.15, -0.1) is 0 Å². The molecular formula is C17H19F3N2O. The van der Waals surface area contributed by atoms with E-state index in [1.54, 1.807) is 0 Å². The molecule has 1 aliphatic heterocycles. The van der Waals surface area contributed by atoms with Gasteiger partial charge in [-0.2, -0.15) is 13.2 Å². The Morgan fingerprint density at radius 3 is 2.65 bits per heavy atom. The summed E-state index contributed by atoms with van der Waals surface area (Å²) in [5.41, 5.74) is -0.106. The number of halogens is 3. The van der Waals surface area contributed by atoms with Crippen molar-refractivity contribution in [2.75, 3.05) is 19.6 Å². The van der Waals surface area contributed by atoms with Gasteiger partial charge in [0.25, 0.3) is 0 Å². The van der Waals surface area contributed by atoms with Crippen molar-refractivity contribution in [2.24, 2.45) is 0 Å². The van der Waals surface area contributed by atoms with Crippen molar-refractivity contribution >= 4 is 5.91 Å². The zero-order chi connectivity index (χ0) is 16.9. The molecule has 1 fully saturated rings. The van der Waals surface area contributed by atoms with Gasteiger partial charge >= 0.3 is 6.18 Å². The van der Waals surface area contributed by atoms with Crippen LogP contribution in [-0.2, 0) is 11.0 Å². The molecule has 0 spiro atoms. The second-order valence-corrected chi connectivity index (χ2v) is 5.65. The summed E-state index contributed by atoms with van der Waals surface area (Å²) in [5.74, 6) is 5.83. The van der Waals surface area contributed by atoms with Crippen LogP contribution in [0.5, 0.6) is 0 Å². The Kier molecular flexibility index (Phi) is 5.67. The van der Waals surface area contributed by atoms with Gasteiger partial charge in [0.1, 0.15) is 0 Å². The van der Waals surface area contributed by atoms with Gasteiger partial charge in [0.15, 0.2) is 0 Å². The van der Waals surface area contributed by atoms with Gasteiger partial charge in [-0.05, 0) is 43.7 Å². The molecule has 1 aromatic rings. The van der Waals surface area contributed by atoms with Gasteiger partial charge in [0.2, 0.25) is 5.91 Å². The Hall–Kier alpha value is -2.00. The first-order chi connectivity index (χ1) is 10.8. The number of carbonyl (C=O) groups excluding carboxylic acids is 1. The average molecular weight is 324 g/mol. The topological polar surface area (TPSA) is 32.3 Å². The minimum Gasteiger partial charge on any atom is -0.352 e. The predicted octanol–water partition coefficient (Wildman–Crippen LogP) is 2.66. The number of nitrogens with zero attached hydrogens (tertiary/aromatic N) is 1. The van der Waals surface area contributed by atoms with E-state index in [4.69, 9.17) is 0 Å². The molecule has 6 heteroatoms. The lowest BCUT2D eigenvalue weighted by Gasteiger charge is -2.31. The number of rotatable bonds is 2. The van der Waals surface area contributed by atoms with Crippen molar-refractivity contribution in [3.63, 3.8) is 0 Å². The fraction of sp³-hybridized carbons (Fsp3) is 0.471. The van der Waals surface area contributed by atoms with Crippen LogP contribution in [0, 0.1) is 11.8 Å². The molecule has 1 heterocycles. The molecular weight excluding hydrogens is 305 g/mol. The summed E-state index contributed by atoms with van der Waals surface area (Å²) in [6, 6.07) is 4.99. The molecule has 0 aromatic heterocycles. The molecule has 1 aromatic carbocycles. The summed E-state index contributed by atoms with van der Waals surface area (Å²) < 4.78 is 37.4. The molecule has 124 valence electrons. The summed E-state index contributed by atoms with van der Waals surface area (Å²) in [5, 5.41) is 2.90. The second kappa shape index (κ2) is 7.51. The summed E-state index contributed by atoms with van der Waals surface area (Å²) in [6.07, 6.45) is -2.37. The SMILES string of the molecule is CC(=O)N[C@@H]1CCCN(CC#Cc2ccc(C(F)(F)F)cc2)C1. The van der Waals surface area contributed by atoms with Crippen molar-refractivity contribution in [2.45, 2.75) is 32.0 Å². The zero-order valence-electron chi connectivity index (χ0n) is 12.9. The third kappa shape index (κ3) is 5.61. The van der Waals surface area contributed by atoms with E-state index < -0.39 is 11.7 Å². The minimum atomic E-state index is -4.32. The van der Waals surface area contributed by atoms with E-state index in [-0.39, 0.29) is 11.9 Å². The fourth-order valence-corrected chi connectivity index (χ4v) is 2.60. The first kappa shape index (κ1) is 17.4. The Morgan fingerprint density at radius 2 is 2.04 bits per heavy atom. The zero-order valence-corrected chi connectivity index (χ0v) is 12.9. The lowest BCUT2D eigenvalue weighted by molar-refractivity contribution is -0.137. The number of benzene rings is 1. The Balaban J connectivity index is 1.88. The van der Waals surface area contributed by atoms with Crippen LogP contribution < -0.4 is 5.32 Å². The first-order valence-electron chi connectivity index (χ1n) is 7.50. The quantitative estimate of drug-likeness (QED) is 0.848. The van der Waals surface area contributed by atoms with Gasteiger partial charge in [0, 0.05) is 25.1 Å². The monoisotopic (exact) mass is 324 g/mol. The Bertz CT molecular complexity index is 599. The van der Waals surface area contributed by atoms with E-state index in [1.807, 2.05) is 0 Å². The van der Waals surface area contributed by atoms with E-state index >= 15 is 0 Å². The third-order valence-electron chi connectivity index (χ3n) is 3.66. The molecule has 1 saturated heterocycles. The number of amides is 1. The molecule has 0 bridgehead atoms. The van der Waals surface area contributed by atoms with E-state index in [2.05, 4.69) is 22.1 Å². The first-order valence-corrected chi connectivity index (χ1v) is 7.50. The molecule has 0 unspecified atom stereocenters. The van der Waals surface area contributed by atoms with Crippen LogP contribution in [0.15, 0.2) is 24.3 Å². The van der Waals surface area contributed by atoms with E-state index in [1.165, 1.54) is 19.1 Å². The maximum atomic E-state index is 12.5. The number of likely N-dealkylation sites (tertiary alicyclic amines) is 1. The van der Waals surface area contributed by atoms with Crippen molar-refractivity contribution in [1.29, 1.82) is 0 Å². The molecule has 0 saturated carbocycles. The Morgan fingerprint density at radius 1 is 1.35 bits per heavy atom. The van der Waals surface area contributed by atoms with E-state index in [0.29, 0.717) is 12.1 Å². The van der Waals surface area contributed by atoms with Crippen LogP contribution in [0.2, 0.25) is 0 Å². The van der Waals surface area contributed by atoms with Gasteiger partial charge in [-0.3, -0.25) is 9.69 Å². The lowest BCUT2D eigenvalue weighted by atomic mass is 10.1. The highest BCUT2D eigenvalue weighted by Gasteiger charge is 2.29. The van der Waals surface area contributed by atoms with Gasteiger partial charge in [0.05, 0.1) is 12.1 Å². The number of hydrogen-bond acceptors (Lipinski definition) is 2. The van der Waals surface area contributed by atoms with E-state index in [0.717, 1.165) is 38.1 Å². The highest BCUT2D eigenvalue weighted by molar-refractivity contribution is 5.73. The smallest absolute Gasteiger partial charge is 0.352 e. The predicted molar refractivity (Wildman–Crippen MR) is 81.6 cm³/mol. The molecule has 1 N–H and O–H groups in total. The van der Waals surface area contributed by atoms with Crippen LogP contribution in [-0.4, -0.2) is 36.5 Å². The molecule has 0 radical (unpaired) electrons.